The van der Waals surface area contributed by atoms with Gasteiger partial charge >= 0.3 is 0 Å². The van der Waals surface area contributed by atoms with Crippen LogP contribution in [0.3, 0.4) is 0 Å². The number of hydrogen-bond donors (Lipinski definition) is 0. The average molecular weight is 281 g/mol. The summed E-state index contributed by atoms with van der Waals surface area (Å²) in [5.41, 5.74) is 2.45. The summed E-state index contributed by atoms with van der Waals surface area (Å²) < 4.78 is 32.2. The van der Waals surface area contributed by atoms with Gasteiger partial charge in [-0.3, -0.25) is 4.18 Å². The Morgan fingerprint density at radius 3 is 2.68 bits per heavy atom. The van der Waals surface area contributed by atoms with Crippen LogP contribution in [0.2, 0.25) is 0 Å². The van der Waals surface area contributed by atoms with Gasteiger partial charge in [0.25, 0.3) is 10.1 Å². The molecule has 0 bridgehead atoms. The van der Waals surface area contributed by atoms with Crippen LogP contribution in [0.5, 0.6) is 0 Å². The number of nitrogens with zero attached hydrogens (tertiary/aromatic N) is 1. The van der Waals surface area contributed by atoms with Gasteiger partial charge in [-0.05, 0) is 19.9 Å². The van der Waals surface area contributed by atoms with Gasteiger partial charge in [-0.1, -0.05) is 28.9 Å². The third kappa shape index (κ3) is 3.65. The van der Waals surface area contributed by atoms with Gasteiger partial charge in [0.15, 0.2) is 5.76 Å². The molecule has 0 N–H and O–H groups in total. The molecule has 0 aliphatic heterocycles. The van der Waals surface area contributed by atoms with Crippen molar-refractivity contribution in [3.63, 3.8) is 0 Å². The van der Waals surface area contributed by atoms with Crippen molar-refractivity contribution in [2.45, 2.75) is 20.0 Å². The second-order valence-corrected chi connectivity index (χ2v) is 6.03. The molecule has 0 spiro atoms. The summed E-state index contributed by atoms with van der Waals surface area (Å²) in [5, 5.41) is 3.84. The molecule has 1 heterocycles. The van der Waals surface area contributed by atoms with Crippen LogP contribution in [0.4, 0.5) is 0 Å². The fraction of sp³-hybridized carbons (Fsp3) is 0.308. The Morgan fingerprint density at radius 1 is 1.32 bits per heavy atom. The molecule has 1 aromatic heterocycles. The highest BCUT2D eigenvalue weighted by Gasteiger charge is 2.17. The summed E-state index contributed by atoms with van der Waals surface area (Å²) >= 11 is 0. The van der Waals surface area contributed by atoms with Gasteiger partial charge in [0.1, 0.15) is 11.8 Å². The maximum Gasteiger partial charge on any atom is 0.265 e. The molecule has 102 valence electrons. The summed E-state index contributed by atoms with van der Waals surface area (Å²) in [6, 6.07) is 9.45. The van der Waals surface area contributed by atoms with Crippen molar-refractivity contribution in [1.82, 2.24) is 5.16 Å². The highest BCUT2D eigenvalue weighted by molar-refractivity contribution is 7.86. The molecular formula is C13H15NO4S. The maximum absolute atomic E-state index is 11.1. The lowest BCUT2D eigenvalue weighted by Gasteiger charge is -2.06. The highest BCUT2D eigenvalue weighted by atomic mass is 32.2. The lowest BCUT2D eigenvalue weighted by molar-refractivity contribution is 0.224. The van der Waals surface area contributed by atoms with Crippen LogP contribution in [-0.4, -0.2) is 19.8 Å². The Labute approximate surface area is 112 Å². The van der Waals surface area contributed by atoms with E-state index in [0.717, 1.165) is 17.4 Å². The molecule has 2 aromatic rings. The molecule has 1 aromatic carbocycles. The number of hydrogen-bond acceptors (Lipinski definition) is 5. The first kappa shape index (κ1) is 13.8. The van der Waals surface area contributed by atoms with E-state index in [1.54, 1.807) is 13.0 Å². The number of rotatable bonds is 4. The first-order valence-corrected chi connectivity index (χ1v) is 7.59. The summed E-state index contributed by atoms with van der Waals surface area (Å²) in [6.45, 7) is 3.59. The number of aryl methyl sites for hydroxylation is 1. The molecule has 1 atom stereocenters. The lowest BCUT2D eigenvalue weighted by Crippen LogP contribution is -2.07. The lowest BCUT2D eigenvalue weighted by atomic mass is 10.1. The van der Waals surface area contributed by atoms with Crippen LogP contribution >= 0.6 is 0 Å². The molecule has 6 heteroatoms. The Bertz CT molecular complexity index is 675. The van der Waals surface area contributed by atoms with E-state index in [1.165, 1.54) is 0 Å². The van der Waals surface area contributed by atoms with Crippen LogP contribution in [0.25, 0.3) is 11.3 Å². The third-order valence-corrected chi connectivity index (χ3v) is 3.20. The predicted molar refractivity (Wildman–Crippen MR) is 71.0 cm³/mol. The van der Waals surface area contributed by atoms with Crippen molar-refractivity contribution in [1.29, 1.82) is 0 Å². The number of aromatic nitrogens is 1. The van der Waals surface area contributed by atoms with Crippen molar-refractivity contribution in [3.05, 3.63) is 41.6 Å². The first-order valence-electron chi connectivity index (χ1n) is 5.77. The highest BCUT2D eigenvalue weighted by Crippen LogP contribution is 2.25. The second-order valence-electron chi connectivity index (χ2n) is 4.43. The summed E-state index contributed by atoms with van der Waals surface area (Å²) in [5.74, 6) is 0.586. The third-order valence-electron chi connectivity index (χ3n) is 2.57. The maximum atomic E-state index is 11.1. The van der Waals surface area contributed by atoms with Crippen molar-refractivity contribution in [2.24, 2.45) is 0 Å². The fourth-order valence-electron chi connectivity index (χ4n) is 1.73. The number of benzene rings is 1. The Kier molecular flexibility index (Phi) is 3.73. The fourth-order valence-corrected chi connectivity index (χ4v) is 2.35. The van der Waals surface area contributed by atoms with E-state index in [9.17, 15) is 8.42 Å². The molecule has 2 rings (SSSR count). The van der Waals surface area contributed by atoms with Gasteiger partial charge in [-0.15, -0.1) is 0 Å². The zero-order valence-electron chi connectivity index (χ0n) is 11.0. The molecule has 0 amide bonds. The topological polar surface area (TPSA) is 69.4 Å². The smallest absolute Gasteiger partial charge is 0.265 e. The van der Waals surface area contributed by atoms with E-state index in [4.69, 9.17) is 8.71 Å². The van der Waals surface area contributed by atoms with E-state index >= 15 is 0 Å². The van der Waals surface area contributed by atoms with Crippen LogP contribution < -0.4 is 0 Å². The van der Waals surface area contributed by atoms with Gasteiger partial charge < -0.3 is 4.52 Å². The van der Waals surface area contributed by atoms with Gasteiger partial charge in [0, 0.05) is 11.6 Å². The van der Waals surface area contributed by atoms with Crippen molar-refractivity contribution in [3.8, 4) is 11.3 Å². The molecular weight excluding hydrogens is 266 g/mol. The minimum Gasteiger partial charge on any atom is -0.356 e. The molecule has 0 unspecified atom stereocenters. The zero-order valence-corrected chi connectivity index (χ0v) is 11.8. The van der Waals surface area contributed by atoms with Crippen molar-refractivity contribution >= 4 is 10.1 Å². The van der Waals surface area contributed by atoms with Gasteiger partial charge in [-0.25, -0.2) is 0 Å². The summed E-state index contributed by atoms with van der Waals surface area (Å²) in [7, 11) is -3.52. The van der Waals surface area contributed by atoms with Crippen LogP contribution in [-0.2, 0) is 14.3 Å². The van der Waals surface area contributed by atoms with Crippen LogP contribution in [0.1, 0.15) is 24.3 Å². The van der Waals surface area contributed by atoms with Crippen LogP contribution in [0, 0.1) is 6.92 Å². The van der Waals surface area contributed by atoms with Gasteiger partial charge in [0.2, 0.25) is 0 Å². The normalized spacial score (nSPS) is 13.4. The standard InChI is InChI=1S/C13H15NO4S/c1-9-5-4-6-11(7-9)13-8-12(14-17-13)10(2)18-19(3,15)16/h4-8,10H,1-3H3/t10-/m1/s1. The first-order chi connectivity index (χ1) is 8.85. The molecule has 0 aliphatic rings. The molecule has 5 nitrogen and oxygen atoms in total. The quantitative estimate of drug-likeness (QED) is 0.806. The van der Waals surface area contributed by atoms with E-state index in [-0.39, 0.29) is 0 Å². The predicted octanol–water partition coefficient (Wildman–Crippen LogP) is 2.69. The minimum absolute atomic E-state index is 0.446. The van der Waals surface area contributed by atoms with E-state index in [2.05, 4.69) is 5.16 Å². The Hall–Kier alpha value is -1.66. The van der Waals surface area contributed by atoms with Crippen LogP contribution in [0.15, 0.2) is 34.9 Å². The van der Waals surface area contributed by atoms with E-state index in [1.807, 2.05) is 31.2 Å². The molecule has 0 radical (unpaired) electrons. The zero-order chi connectivity index (χ0) is 14.0. The van der Waals surface area contributed by atoms with Crippen molar-refractivity contribution < 1.29 is 17.1 Å². The molecule has 0 saturated heterocycles. The molecule has 0 saturated carbocycles. The summed E-state index contributed by atoms with van der Waals surface area (Å²) in [4.78, 5) is 0. The molecule has 19 heavy (non-hydrogen) atoms. The Morgan fingerprint density at radius 2 is 2.05 bits per heavy atom. The molecule has 0 aliphatic carbocycles. The van der Waals surface area contributed by atoms with E-state index in [0.29, 0.717) is 11.5 Å². The largest absolute Gasteiger partial charge is 0.356 e. The minimum atomic E-state index is -3.52. The monoisotopic (exact) mass is 281 g/mol. The van der Waals surface area contributed by atoms with Gasteiger partial charge in [0.05, 0.1) is 6.26 Å². The Balaban J connectivity index is 2.24. The second kappa shape index (κ2) is 5.14. The summed E-state index contributed by atoms with van der Waals surface area (Å²) in [6.07, 6.45) is 0.336. The van der Waals surface area contributed by atoms with Crippen molar-refractivity contribution in [2.75, 3.05) is 6.26 Å². The molecule has 0 fully saturated rings. The SMILES string of the molecule is Cc1cccc(-c2cc([C@@H](C)OS(C)(=O)=O)no2)c1. The van der Waals surface area contributed by atoms with E-state index < -0.39 is 16.2 Å². The average Bonchev–Trinajstić information content (AvgIpc) is 2.75. The van der Waals surface area contributed by atoms with Gasteiger partial charge in [-0.2, -0.15) is 8.42 Å².